The summed E-state index contributed by atoms with van der Waals surface area (Å²) in [5.74, 6) is -0.0112. The number of ketones is 2. The zero-order valence-corrected chi connectivity index (χ0v) is 23.2. The molecule has 3 nitrogen and oxygen atoms in total. The molecule has 0 spiro atoms. The maximum absolute atomic E-state index is 13.8. The molecule has 2 unspecified atom stereocenters. The molecule has 43 heavy (non-hydrogen) atoms. The fourth-order valence-electron chi connectivity index (χ4n) is 6.73. The van der Waals surface area contributed by atoms with Crippen molar-refractivity contribution in [2.45, 2.75) is 12.2 Å². The lowest BCUT2D eigenvalue weighted by molar-refractivity contribution is 0.0805. The molecule has 0 aromatic heterocycles. The topological polar surface area (TPSA) is 43.4 Å². The monoisotopic (exact) mass is 554 g/mol. The van der Waals surface area contributed by atoms with E-state index in [4.69, 9.17) is 4.74 Å². The Morgan fingerprint density at radius 2 is 0.814 bits per heavy atom. The molecule has 4 aromatic carbocycles. The van der Waals surface area contributed by atoms with Crippen LogP contribution in [0.15, 0.2) is 168 Å². The van der Waals surface area contributed by atoms with Crippen molar-refractivity contribution in [3.05, 3.63) is 201 Å². The summed E-state index contributed by atoms with van der Waals surface area (Å²) in [7, 11) is 0. The molecule has 0 saturated heterocycles. The first-order valence-electron chi connectivity index (χ1n) is 14.5. The molecule has 0 aliphatic heterocycles. The molecule has 0 bridgehead atoms. The Morgan fingerprint density at radius 1 is 0.442 bits per heavy atom. The van der Waals surface area contributed by atoms with E-state index in [9.17, 15) is 9.59 Å². The van der Waals surface area contributed by atoms with E-state index in [0.717, 1.165) is 44.5 Å². The number of hydrogen-bond acceptors (Lipinski definition) is 3. The summed E-state index contributed by atoms with van der Waals surface area (Å²) in [4.78, 5) is 27.7. The van der Waals surface area contributed by atoms with Crippen molar-refractivity contribution in [2.24, 2.45) is 0 Å². The lowest BCUT2D eigenvalue weighted by atomic mass is 9.74. The maximum Gasteiger partial charge on any atom is 0.194 e. The summed E-state index contributed by atoms with van der Waals surface area (Å²) in [6.45, 7) is 0. The average Bonchev–Trinajstić information content (AvgIpc) is 3.07. The Morgan fingerprint density at radius 3 is 1.23 bits per heavy atom. The Balaban J connectivity index is 1.32. The van der Waals surface area contributed by atoms with Crippen LogP contribution >= 0.6 is 0 Å². The summed E-state index contributed by atoms with van der Waals surface area (Å²) < 4.78 is 7.03. The van der Waals surface area contributed by atoms with Gasteiger partial charge < -0.3 is 4.74 Å². The van der Waals surface area contributed by atoms with Gasteiger partial charge in [0.1, 0.15) is 12.2 Å². The normalized spacial score (nSPS) is 20.2. The van der Waals surface area contributed by atoms with Gasteiger partial charge in [-0.15, -0.1) is 0 Å². The van der Waals surface area contributed by atoms with Crippen molar-refractivity contribution in [1.29, 1.82) is 0 Å². The van der Waals surface area contributed by atoms with E-state index >= 15 is 0 Å². The molecule has 204 valence electrons. The first-order valence-corrected chi connectivity index (χ1v) is 14.5. The third-order valence-electron chi connectivity index (χ3n) is 8.58. The van der Waals surface area contributed by atoms with Crippen LogP contribution in [0.5, 0.6) is 0 Å². The van der Waals surface area contributed by atoms with Crippen molar-refractivity contribution in [3.8, 4) is 0 Å². The summed E-state index contributed by atoms with van der Waals surface area (Å²) in [5.41, 5.74) is 10.2. The number of allylic oxidation sites excluding steroid dienone is 4. The predicted molar refractivity (Wildman–Crippen MR) is 170 cm³/mol. The van der Waals surface area contributed by atoms with E-state index in [1.807, 2.05) is 121 Å². The zero-order valence-electron chi connectivity index (χ0n) is 23.2. The van der Waals surface area contributed by atoms with E-state index in [-0.39, 0.29) is 11.6 Å². The molecule has 0 heterocycles. The van der Waals surface area contributed by atoms with Crippen LogP contribution in [0, 0.1) is 0 Å². The first-order chi connectivity index (χ1) is 21.2. The van der Waals surface area contributed by atoms with Crippen LogP contribution in [-0.2, 0) is 4.74 Å². The summed E-state index contributed by atoms with van der Waals surface area (Å²) in [6, 6.07) is 36.0. The third kappa shape index (κ3) is 4.01. The molecule has 4 aliphatic rings. The number of fused-ring (bicyclic) bond motifs is 4. The number of hydrogen-bond donors (Lipinski definition) is 0. The van der Waals surface area contributed by atoms with Crippen LogP contribution in [-0.4, -0.2) is 23.8 Å². The van der Waals surface area contributed by atoms with E-state index in [1.165, 1.54) is 0 Å². The van der Waals surface area contributed by atoms with Gasteiger partial charge >= 0.3 is 0 Å². The van der Waals surface area contributed by atoms with Crippen molar-refractivity contribution in [1.82, 2.24) is 0 Å². The highest BCUT2D eigenvalue weighted by Crippen LogP contribution is 2.46. The van der Waals surface area contributed by atoms with Gasteiger partial charge in [-0.05, 0) is 33.4 Å². The molecule has 3 heteroatoms. The summed E-state index contributed by atoms with van der Waals surface area (Å²) in [6.07, 6.45) is 10.6. The molecule has 0 saturated carbocycles. The van der Waals surface area contributed by atoms with E-state index in [0.29, 0.717) is 22.3 Å². The number of carbonyl (C=O) groups is 2. The van der Waals surface area contributed by atoms with Gasteiger partial charge in [-0.25, -0.2) is 0 Å². The smallest absolute Gasteiger partial charge is 0.194 e. The minimum Gasteiger partial charge on any atom is -0.357 e. The van der Waals surface area contributed by atoms with Crippen molar-refractivity contribution in [3.63, 3.8) is 0 Å². The third-order valence-corrected chi connectivity index (χ3v) is 8.58. The molecular weight excluding hydrogens is 528 g/mol. The average molecular weight is 555 g/mol. The fraction of sp³-hybridized carbons (Fsp3) is 0.0500. The van der Waals surface area contributed by atoms with Crippen LogP contribution in [0.2, 0.25) is 0 Å². The number of rotatable bonds is 4. The molecule has 4 aromatic rings. The molecule has 0 radical (unpaired) electrons. The molecule has 0 amide bonds. The fourth-order valence-corrected chi connectivity index (χ4v) is 6.73. The summed E-state index contributed by atoms with van der Waals surface area (Å²) >= 11 is 0. The Kier molecular flexibility index (Phi) is 5.99. The lowest BCUT2D eigenvalue weighted by Gasteiger charge is -2.35. The van der Waals surface area contributed by atoms with Crippen LogP contribution in [0.4, 0.5) is 0 Å². The van der Waals surface area contributed by atoms with Gasteiger partial charge in [0.15, 0.2) is 11.6 Å². The van der Waals surface area contributed by atoms with Gasteiger partial charge in [0.25, 0.3) is 0 Å². The number of benzene rings is 4. The number of Topliss-reactive ketones (excluding diaryl/α,β-unsaturated/α-hetero) is 2. The molecule has 2 atom stereocenters. The van der Waals surface area contributed by atoms with Gasteiger partial charge in [0, 0.05) is 33.4 Å². The van der Waals surface area contributed by atoms with E-state index in [1.54, 1.807) is 0 Å². The van der Waals surface area contributed by atoms with Gasteiger partial charge in [-0.2, -0.15) is 0 Å². The molecular formula is C40H26O3. The second-order valence-corrected chi connectivity index (χ2v) is 11.0. The minimum absolute atomic E-state index is 0.00559. The van der Waals surface area contributed by atoms with Gasteiger partial charge in [0.2, 0.25) is 0 Å². The van der Waals surface area contributed by atoms with Gasteiger partial charge in [-0.3, -0.25) is 9.59 Å². The van der Waals surface area contributed by atoms with Gasteiger partial charge in [-0.1, -0.05) is 146 Å². The molecule has 0 fully saturated rings. The zero-order chi connectivity index (χ0) is 28.9. The number of carbonyl (C=O) groups excluding carboxylic acids is 2. The number of ether oxygens (including phenoxy) is 1. The standard InChI is InChI=1S/C40H26O3/c41-39-29-19-9-7-17-27(29)35(25-13-3-1-4-14-25)37-31(39)21-11-23-33(37)43-34-24-12-22-32-38(34)36(26-15-5-2-6-16-26)28-18-8-10-20-30(28)40(32)42/h1-24,33-34H. The summed E-state index contributed by atoms with van der Waals surface area (Å²) in [5, 5.41) is 0. The second kappa shape index (κ2) is 10.2. The van der Waals surface area contributed by atoms with Crippen molar-refractivity contribution < 1.29 is 14.3 Å². The van der Waals surface area contributed by atoms with Gasteiger partial charge in [0.05, 0.1) is 0 Å². The Labute approximate surface area is 250 Å². The quantitative estimate of drug-likeness (QED) is 0.256. The highest BCUT2D eigenvalue weighted by Gasteiger charge is 2.39. The highest BCUT2D eigenvalue weighted by atomic mass is 16.5. The largest absolute Gasteiger partial charge is 0.357 e. The minimum atomic E-state index is -0.515. The second-order valence-electron chi connectivity index (χ2n) is 11.0. The molecule has 0 N–H and O–H groups in total. The SMILES string of the molecule is O=C1C2=CC=CC(OC3C=CC=C4C(=O)c5ccccc5C(c5ccccc5)=C43)C2=C(c2ccccc2)c2ccccc21. The van der Waals surface area contributed by atoms with Crippen LogP contribution in [0.3, 0.4) is 0 Å². The Hall–Kier alpha value is -5.38. The lowest BCUT2D eigenvalue weighted by Crippen LogP contribution is -2.33. The van der Waals surface area contributed by atoms with Crippen LogP contribution in [0.1, 0.15) is 43.0 Å². The molecule has 4 aliphatic carbocycles. The predicted octanol–water partition coefficient (Wildman–Crippen LogP) is 8.13. The van der Waals surface area contributed by atoms with Crippen molar-refractivity contribution >= 4 is 22.7 Å². The Bertz CT molecular complexity index is 1870. The highest BCUT2D eigenvalue weighted by molar-refractivity contribution is 6.21. The maximum atomic E-state index is 13.8. The van der Waals surface area contributed by atoms with Crippen LogP contribution in [0.25, 0.3) is 11.1 Å². The molecule has 8 rings (SSSR count). The van der Waals surface area contributed by atoms with E-state index < -0.39 is 12.2 Å². The van der Waals surface area contributed by atoms with E-state index in [2.05, 4.69) is 24.3 Å². The van der Waals surface area contributed by atoms with Crippen LogP contribution < -0.4 is 0 Å². The van der Waals surface area contributed by atoms with Crippen molar-refractivity contribution in [2.75, 3.05) is 0 Å². The first kappa shape index (κ1) is 25.3.